The summed E-state index contributed by atoms with van der Waals surface area (Å²) in [5.74, 6) is -0.124. The third kappa shape index (κ3) is 3.75. The number of aromatic amines is 1. The summed E-state index contributed by atoms with van der Waals surface area (Å²) < 4.78 is 0.673. The zero-order chi connectivity index (χ0) is 14.5. The number of hydrogen-bond acceptors (Lipinski definition) is 4. The van der Waals surface area contributed by atoms with E-state index in [1.807, 2.05) is 37.3 Å². The Kier molecular flexibility index (Phi) is 5.05. The molecule has 0 fully saturated rings. The molecule has 0 bridgehead atoms. The molecule has 0 aliphatic carbocycles. The summed E-state index contributed by atoms with van der Waals surface area (Å²) in [6.45, 7) is 1.77. The first kappa shape index (κ1) is 14.9. The van der Waals surface area contributed by atoms with Gasteiger partial charge in [0, 0.05) is 10.6 Å². The second kappa shape index (κ2) is 6.78. The van der Waals surface area contributed by atoms with Crippen LogP contribution in [0.1, 0.15) is 22.2 Å². The van der Waals surface area contributed by atoms with E-state index in [1.165, 1.54) is 11.3 Å². The van der Waals surface area contributed by atoms with Crippen molar-refractivity contribution in [3.05, 3.63) is 50.4 Å². The molecule has 0 radical (unpaired) electrons. The van der Waals surface area contributed by atoms with Crippen LogP contribution in [0.25, 0.3) is 0 Å². The standard InChI is InChI=1S/C14H16N2O2S2/c1-9-12(20-14(19)15-9)7-13(18)16-11(8-17)10-5-3-2-4-6-10/h2-6,11,17H,7-8H2,1H3,(H,15,19)(H,16,18)/t11-/m1/s1. The average Bonchev–Trinajstić information content (AvgIpc) is 2.75. The van der Waals surface area contributed by atoms with Crippen LogP contribution in [-0.4, -0.2) is 22.6 Å². The Hall–Kier alpha value is -1.50. The Labute approximate surface area is 126 Å². The highest BCUT2D eigenvalue weighted by Crippen LogP contribution is 2.16. The molecule has 0 aliphatic rings. The van der Waals surface area contributed by atoms with E-state index in [0.717, 1.165) is 16.1 Å². The zero-order valence-corrected chi connectivity index (χ0v) is 12.7. The van der Waals surface area contributed by atoms with Gasteiger partial charge in [0.05, 0.1) is 19.1 Å². The molecular weight excluding hydrogens is 292 g/mol. The summed E-state index contributed by atoms with van der Waals surface area (Å²) in [6, 6.07) is 9.04. The number of H-pyrrole nitrogens is 1. The van der Waals surface area contributed by atoms with Crippen LogP contribution in [0.4, 0.5) is 0 Å². The predicted octanol–water partition coefficient (Wildman–Crippen LogP) is 2.51. The van der Waals surface area contributed by atoms with Crippen molar-refractivity contribution < 1.29 is 9.90 Å². The molecule has 0 unspecified atom stereocenters. The molecule has 0 aliphatic heterocycles. The van der Waals surface area contributed by atoms with Gasteiger partial charge in [0.25, 0.3) is 0 Å². The SMILES string of the molecule is Cc1[nH]c(=S)sc1CC(=O)N[C@H](CO)c1ccccc1. The summed E-state index contributed by atoms with van der Waals surface area (Å²) in [4.78, 5) is 16.0. The molecule has 2 rings (SSSR count). The van der Waals surface area contributed by atoms with Crippen molar-refractivity contribution in [1.29, 1.82) is 0 Å². The molecule has 106 valence electrons. The largest absolute Gasteiger partial charge is 0.394 e. The van der Waals surface area contributed by atoms with E-state index < -0.39 is 0 Å². The van der Waals surface area contributed by atoms with Crippen molar-refractivity contribution in [3.63, 3.8) is 0 Å². The van der Waals surface area contributed by atoms with Gasteiger partial charge in [-0.1, -0.05) is 30.3 Å². The normalized spacial score (nSPS) is 12.1. The van der Waals surface area contributed by atoms with Gasteiger partial charge in [-0.25, -0.2) is 0 Å². The summed E-state index contributed by atoms with van der Waals surface area (Å²) in [5, 5.41) is 12.3. The molecule has 6 heteroatoms. The van der Waals surface area contributed by atoms with E-state index in [0.29, 0.717) is 3.95 Å². The van der Waals surface area contributed by atoms with Gasteiger partial charge >= 0.3 is 0 Å². The minimum atomic E-state index is -0.379. The Morgan fingerprint density at radius 1 is 1.45 bits per heavy atom. The molecule has 1 amide bonds. The number of aryl methyl sites for hydroxylation is 1. The van der Waals surface area contributed by atoms with Gasteiger partial charge in [-0.15, -0.1) is 11.3 Å². The quantitative estimate of drug-likeness (QED) is 0.744. The van der Waals surface area contributed by atoms with Crippen LogP contribution in [0, 0.1) is 10.9 Å². The van der Waals surface area contributed by atoms with Crippen LogP contribution < -0.4 is 5.32 Å². The molecule has 1 heterocycles. The lowest BCUT2D eigenvalue weighted by molar-refractivity contribution is -0.121. The van der Waals surface area contributed by atoms with Crippen LogP contribution in [0.3, 0.4) is 0 Å². The monoisotopic (exact) mass is 308 g/mol. The second-order valence-electron chi connectivity index (χ2n) is 4.45. The molecule has 3 N–H and O–H groups in total. The van der Waals surface area contributed by atoms with E-state index in [9.17, 15) is 9.90 Å². The zero-order valence-electron chi connectivity index (χ0n) is 11.1. The summed E-state index contributed by atoms with van der Waals surface area (Å²) >= 11 is 6.46. The van der Waals surface area contributed by atoms with Gasteiger partial charge in [-0.3, -0.25) is 4.79 Å². The number of carbonyl (C=O) groups excluding carboxylic acids is 1. The highest BCUT2D eigenvalue weighted by atomic mass is 32.1. The van der Waals surface area contributed by atoms with Crippen molar-refractivity contribution in [3.8, 4) is 0 Å². The molecule has 20 heavy (non-hydrogen) atoms. The van der Waals surface area contributed by atoms with Crippen LogP contribution in [0.15, 0.2) is 30.3 Å². The van der Waals surface area contributed by atoms with Crippen molar-refractivity contribution in [2.75, 3.05) is 6.61 Å². The number of rotatable bonds is 5. The van der Waals surface area contributed by atoms with E-state index >= 15 is 0 Å². The number of amides is 1. The molecular formula is C14H16N2O2S2. The second-order valence-corrected chi connectivity index (χ2v) is 6.22. The summed E-state index contributed by atoms with van der Waals surface area (Å²) in [5.41, 5.74) is 1.82. The molecule has 0 saturated heterocycles. The molecule has 1 aromatic carbocycles. The van der Waals surface area contributed by atoms with Crippen LogP contribution in [0.5, 0.6) is 0 Å². The van der Waals surface area contributed by atoms with Gasteiger partial charge in [0.15, 0.2) is 3.95 Å². The number of carbonyl (C=O) groups is 1. The third-order valence-electron chi connectivity index (χ3n) is 2.96. The maximum atomic E-state index is 12.1. The topological polar surface area (TPSA) is 65.1 Å². The minimum absolute atomic E-state index is 0.124. The Morgan fingerprint density at radius 2 is 2.15 bits per heavy atom. The average molecular weight is 308 g/mol. The van der Waals surface area contributed by atoms with E-state index in [2.05, 4.69) is 10.3 Å². The lowest BCUT2D eigenvalue weighted by Gasteiger charge is -2.16. The first-order chi connectivity index (χ1) is 9.60. The van der Waals surface area contributed by atoms with E-state index in [1.54, 1.807) is 0 Å². The van der Waals surface area contributed by atoms with Crippen molar-refractivity contribution in [2.45, 2.75) is 19.4 Å². The molecule has 1 aromatic heterocycles. The number of aromatic nitrogens is 1. The number of nitrogens with one attached hydrogen (secondary N) is 2. The Bertz CT molecular complexity index is 634. The van der Waals surface area contributed by atoms with Crippen molar-refractivity contribution in [1.82, 2.24) is 10.3 Å². The van der Waals surface area contributed by atoms with Crippen LogP contribution in [-0.2, 0) is 11.2 Å². The van der Waals surface area contributed by atoms with Gasteiger partial charge in [-0.2, -0.15) is 0 Å². The van der Waals surface area contributed by atoms with Gasteiger partial charge in [-0.05, 0) is 24.7 Å². The molecule has 0 spiro atoms. The molecule has 2 aromatic rings. The number of aliphatic hydroxyl groups excluding tert-OH is 1. The maximum Gasteiger partial charge on any atom is 0.225 e. The fraction of sp³-hybridized carbons (Fsp3) is 0.286. The third-order valence-corrected chi connectivity index (χ3v) is 4.30. The summed E-state index contributed by atoms with van der Waals surface area (Å²) in [6.07, 6.45) is 0.271. The van der Waals surface area contributed by atoms with Gasteiger partial charge < -0.3 is 15.4 Å². The number of aliphatic hydroxyl groups is 1. The van der Waals surface area contributed by atoms with Crippen molar-refractivity contribution in [2.24, 2.45) is 0 Å². The van der Waals surface area contributed by atoms with Gasteiger partial charge in [0.1, 0.15) is 0 Å². The predicted molar refractivity (Wildman–Crippen MR) is 82.4 cm³/mol. The van der Waals surface area contributed by atoms with E-state index in [4.69, 9.17) is 12.2 Å². The van der Waals surface area contributed by atoms with Crippen molar-refractivity contribution >= 4 is 29.5 Å². The highest BCUT2D eigenvalue weighted by molar-refractivity contribution is 7.73. The maximum absolute atomic E-state index is 12.1. The number of hydrogen-bond donors (Lipinski definition) is 3. The smallest absolute Gasteiger partial charge is 0.225 e. The fourth-order valence-electron chi connectivity index (χ4n) is 1.92. The van der Waals surface area contributed by atoms with Crippen LogP contribution in [0.2, 0.25) is 0 Å². The summed E-state index contributed by atoms with van der Waals surface area (Å²) in [7, 11) is 0. The van der Waals surface area contributed by atoms with E-state index in [-0.39, 0.29) is 25.0 Å². The number of thiazole rings is 1. The molecule has 0 saturated carbocycles. The minimum Gasteiger partial charge on any atom is -0.394 e. The lowest BCUT2D eigenvalue weighted by atomic mass is 10.1. The van der Waals surface area contributed by atoms with Gasteiger partial charge in [0.2, 0.25) is 5.91 Å². The first-order valence-electron chi connectivity index (χ1n) is 6.24. The highest BCUT2D eigenvalue weighted by Gasteiger charge is 2.15. The first-order valence-corrected chi connectivity index (χ1v) is 7.46. The Balaban J connectivity index is 2.03. The lowest BCUT2D eigenvalue weighted by Crippen LogP contribution is -2.31. The Morgan fingerprint density at radius 3 is 2.70 bits per heavy atom. The molecule has 1 atom stereocenters. The molecule has 4 nitrogen and oxygen atoms in total. The number of benzene rings is 1. The van der Waals surface area contributed by atoms with Crippen LogP contribution >= 0.6 is 23.6 Å². The fourth-order valence-corrected chi connectivity index (χ4v) is 3.21.